The number of thiophene rings is 1. The van der Waals surface area contributed by atoms with Crippen molar-refractivity contribution in [2.24, 2.45) is 0 Å². The van der Waals surface area contributed by atoms with Crippen LogP contribution in [0.15, 0.2) is 41.8 Å². The Morgan fingerprint density at radius 3 is 2.77 bits per heavy atom. The van der Waals surface area contributed by atoms with E-state index in [-0.39, 0.29) is 0 Å². The highest BCUT2D eigenvalue weighted by molar-refractivity contribution is 7.09. The minimum atomic E-state index is 0.637. The molecule has 0 spiro atoms. The maximum Gasteiger partial charge on any atom is 0.122 e. The highest BCUT2D eigenvalue weighted by atomic mass is 32.1. The molecule has 0 atom stereocenters. The molecule has 1 aromatic carbocycles. The summed E-state index contributed by atoms with van der Waals surface area (Å²) in [6, 6.07) is 14.8. The van der Waals surface area contributed by atoms with E-state index in [1.165, 1.54) is 4.88 Å². The van der Waals surface area contributed by atoms with Crippen LogP contribution in [0.2, 0.25) is 0 Å². The van der Waals surface area contributed by atoms with E-state index >= 15 is 0 Å². The molecule has 1 radical (unpaired) electrons. The van der Waals surface area contributed by atoms with E-state index in [9.17, 15) is 0 Å². The van der Waals surface area contributed by atoms with Gasteiger partial charge in [-0.2, -0.15) is 0 Å². The summed E-state index contributed by atoms with van der Waals surface area (Å²) < 4.78 is 5.54. The largest absolute Gasteiger partial charge is 0.488 e. The molecule has 2 rings (SSSR count). The van der Waals surface area contributed by atoms with Crippen LogP contribution in [0, 0.1) is 6.07 Å². The predicted octanol–water partition coefficient (Wildman–Crippen LogP) is 3.13. The molecule has 0 N–H and O–H groups in total. The van der Waals surface area contributed by atoms with Gasteiger partial charge in [0.1, 0.15) is 12.4 Å². The lowest BCUT2D eigenvalue weighted by Crippen LogP contribution is -1.91. The molecule has 1 heterocycles. The second-order valence-electron chi connectivity index (χ2n) is 2.61. The Morgan fingerprint density at radius 1 is 1.23 bits per heavy atom. The lowest BCUT2D eigenvalue weighted by atomic mass is 10.3. The van der Waals surface area contributed by atoms with Crippen molar-refractivity contribution in [3.63, 3.8) is 0 Å². The van der Waals surface area contributed by atoms with Gasteiger partial charge in [0.15, 0.2) is 0 Å². The summed E-state index contributed by atoms with van der Waals surface area (Å²) in [5.41, 5.74) is 0. The summed E-state index contributed by atoms with van der Waals surface area (Å²) in [5.74, 6) is 0.913. The van der Waals surface area contributed by atoms with Crippen molar-refractivity contribution in [1.82, 2.24) is 0 Å². The van der Waals surface area contributed by atoms with E-state index in [4.69, 9.17) is 4.74 Å². The number of benzene rings is 1. The van der Waals surface area contributed by atoms with Gasteiger partial charge in [-0.1, -0.05) is 18.2 Å². The normalized spacial score (nSPS) is 9.85. The summed E-state index contributed by atoms with van der Waals surface area (Å²) in [6.07, 6.45) is 0. The molecule has 0 saturated heterocycles. The van der Waals surface area contributed by atoms with E-state index in [0.29, 0.717) is 6.61 Å². The fourth-order valence-corrected chi connectivity index (χ4v) is 1.57. The summed E-state index contributed by atoms with van der Waals surface area (Å²) >= 11 is 1.66. The summed E-state index contributed by atoms with van der Waals surface area (Å²) in [5, 5.41) is 1.93. The maximum atomic E-state index is 5.54. The first kappa shape index (κ1) is 8.32. The molecular formula is C11H9OS. The van der Waals surface area contributed by atoms with Crippen LogP contribution < -0.4 is 4.74 Å². The first-order chi connectivity index (χ1) is 6.45. The number of rotatable bonds is 3. The summed E-state index contributed by atoms with van der Waals surface area (Å²) in [7, 11) is 0. The standard InChI is InChI=1S/C11H9OS/c1-2-5-10(6-3-1)12-9-11-7-4-8-13-11/h1-3,5-8H,9H2. The van der Waals surface area contributed by atoms with Crippen LogP contribution in [0.4, 0.5) is 0 Å². The predicted molar refractivity (Wildman–Crippen MR) is 53.9 cm³/mol. The van der Waals surface area contributed by atoms with Gasteiger partial charge < -0.3 is 4.74 Å². The molecule has 1 aromatic heterocycles. The molecule has 0 fully saturated rings. The van der Waals surface area contributed by atoms with E-state index in [1.54, 1.807) is 11.3 Å². The molecule has 0 unspecified atom stereocenters. The maximum absolute atomic E-state index is 5.54. The van der Waals surface area contributed by atoms with Crippen LogP contribution in [0.3, 0.4) is 0 Å². The van der Waals surface area contributed by atoms with Crippen LogP contribution in [-0.2, 0) is 6.61 Å². The number of para-hydroxylation sites is 1. The average molecular weight is 189 g/mol. The van der Waals surface area contributed by atoms with Crippen LogP contribution >= 0.6 is 11.3 Å². The Morgan fingerprint density at radius 2 is 2.08 bits per heavy atom. The lowest BCUT2D eigenvalue weighted by Gasteiger charge is -2.02. The van der Waals surface area contributed by atoms with Crippen molar-refractivity contribution < 1.29 is 4.74 Å². The Labute approximate surface area is 81.6 Å². The van der Waals surface area contributed by atoms with Crippen LogP contribution in [-0.4, -0.2) is 0 Å². The molecule has 65 valence electrons. The lowest BCUT2D eigenvalue weighted by molar-refractivity contribution is 0.310. The van der Waals surface area contributed by atoms with Gasteiger partial charge in [0.25, 0.3) is 0 Å². The molecule has 0 aliphatic carbocycles. The van der Waals surface area contributed by atoms with Gasteiger partial charge in [-0.3, -0.25) is 0 Å². The van der Waals surface area contributed by atoms with E-state index in [0.717, 1.165) is 5.75 Å². The molecule has 2 heteroatoms. The minimum absolute atomic E-state index is 0.637. The molecule has 1 nitrogen and oxygen atoms in total. The van der Waals surface area contributed by atoms with Gasteiger partial charge in [0, 0.05) is 4.88 Å². The van der Waals surface area contributed by atoms with Crippen molar-refractivity contribution >= 4 is 11.3 Å². The second kappa shape index (κ2) is 4.10. The third-order valence-electron chi connectivity index (χ3n) is 1.65. The quantitative estimate of drug-likeness (QED) is 0.720. The van der Waals surface area contributed by atoms with Crippen molar-refractivity contribution in [2.75, 3.05) is 0 Å². The molecule has 0 saturated carbocycles. The fourth-order valence-electron chi connectivity index (χ4n) is 1.02. The molecule has 0 aliphatic rings. The highest BCUT2D eigenvalue weighted by Gasteiger charge is 1.94. The topological polar surface area (TPSA) is 9.23 Å². The Hall–Kier alpha value is -1.28. The number of hydrogen-bond acceptors (Lipinski definition) is 2. The smallest absolute Gasteiger partial charge is 0.122 e. The Bertz CT molecular complexity index is 340. The molecule has 0 aliphatic heterocycles. The molecular weight excluding hydrogens is 180 g/mol. The van der Waals surface area contributed by atoms with Gasteiger partial charge in [-0.15, -0.1) is 11.3 Å². The molecule has 13 heavy (non-hydrogen) atoms. The van der Waals surface area contributed by atoms with Crippen molar-refractivity contribution in [2.45, 2.75) is 6.61 Å². The Kier molecular flexibility index (Phi) is 2.62. The van der Waals surface area contributed by atoms with Gasteiger partial charge in [0.05, 0.1) is 0 Å². The minimum Gasteiger partial charge on any atom is -0.488 e. The van der Waals surface area contributed by atoms with Gasteiger partial charge in [-0.25, -0.2) is 0 Å². The zero-order valence-electron chi connectivity index (χ0n) is 7.07. The summed E-state index contributed by atoms with van der Waals surface area (Å²) in [6.45, 7) is 0.637. The first-order valence-corrected chi connectivity index (χ1v) is 4.94. The van der Waals surface area contributed by atoms with Gasteiger partial charge in [-0.05, 0) is 29.6 Å². The van der Waals surface area contributed by atoms with Gasteiger partial charge in [0.2, 0.25) is 0 Å². The third kappa shape index (κ3) is 2.33. The van der Waals surface area contributed by atoms with E-state index in [2.05, 4.69) is 6.07 Å². The van der Waals surface area contributed by atoms with Crippen molar-refractivity contribution in [3.8, 4) is 5.75 Å². The van der Waals surface area contributed by atoms with E-state index in [1.807, 2.05) is 41.8 Å². The van der Waals surface area contributed by atoms with E-state index < -0.39 is 0 Å². The molecule has 0 bridgehead atoms. The third-order valence-corrected chi connectivity index (χ3v) is 2.44. The van der Waals surface area contributed by atoms with Crippen LogP contribution in [0.5, 0.6) is 5.75 Å². The molecule has 0 amide bonds. The van der Waals surface area contributed by atoms with Crippen molar-refractivity contribution in [3.05, 3.63) is 52.7 Å². The van der Waals surface area contributed by atoms with Crippen LogP contribution in [0.25, 0.3) is 0 Å². The SMILES string of the molecule is [c]1csc(COc2ccccc2)c1. The zero-order chi connectivity index (χ0) is 8.93. The average Bonchev–Trinajstić information content (AvgIpc) is 2.69. The van der Waals surface area contributed by atoms with Gasteiger partial charge >= 0.3 is 0 Å². The first-order valence-electron chi connectivity index (χ1n) is 4.06. The zero-order valence-corrected chi connectivity index (χ0v) is 7.88. The number of hydrogen-bond donors (Lipinski definition) is 0. The second-order valence-corrected chi connectivity index (χ2v) is 3.61. The Balaban J connectivity index is 1.94. The monoisotopic (exact) mass is 189 g/mol. The summed E-state index contributed by atoms with van der Waals surface area (Å²) in [4.78, 5) is 1.20. The number of ether oxygens (including phenoxy) is 1. The fraction of sp³-hybridized carbons (Fsp3) is 0.0909. The van der Waals surface area contributed by atoms with Crippen molar-refractivity contribution in [1.29, 1.82) is 0 Å². The highest BCUT2D eigenvalue weighted by Crippen LogP contribution is 2.14. The molecule has 2 aromatic rings. The van der Waals surface area contributed by atoms with Crippen LogP contribution in [0.1, 0.15) is 4.88 Å².